The van der Waals surface area contributed by atoms with Crippen molar-refractivity contribution in [3.63, 3.8) is 0 Å². The summed E-state index contributed by atoms with van der Waals surface area (Å²) in [5.41, 5.74) is -0.498. The summed E-state index contributed by atoms with van der Waals surface area (Å²) < 4.78 is 23.1. The zero-order valence-electron chi connectivity index (χ0n) is 33.3. The maximum absolute atomic E-state index is 14.4. The van der Waals surface area contributed by atoms with Crippen molar-refractivity contribution in [2.24, 2.45) is 50.2 Å². The summed E-state index contributed by atoms with van der Waals surface area (Å²) in [6, 6.07) is 0. The molecule has 14 nitrogen and oxygen atoms in total. The normalized spacial score (nSPS) is 53.0. The van der Waals surface area contributed by atoms with Crippen LogP contribution in [-0.2, 0) is 28.5 Å². The molecule has 6 fully saturated rings. The number of rotatable bonds is 5. The van der Waals surface area contributed by atoms with Crippen LogP contribution in [0.2, 0.25) is 0 Å². The molecule has 2 saturated heterocycles. The SMILES string of the molecule is CC1(C)CCC2(C(=O)OC3OC(O)C(O)C(O)C3O)CCC3(C)C(=CCC4C5(C)CCC(OC6OC(C(=O)O)C(O)C(O)C6O)C(C)(C)C5CCC43C)C2C1. The van der Waals surface area contributed by atoms with Crippen LogP contribution in [0.4, 0.5) is 0 Å². The number of fused-ring (bicyclic) bond motifs is 7. The van der Waals surface area contributed by atoms with Crippen molar-refractivity contribution < 1.29 is 69.4 Å². The first-order valence-electron chi connectivity index (χ1n) is 20.3. The number of esters is 1. The van der Waals surface area contributed by atoms with Crippen molar-refractivity contribution >= 4 is 11.9 Å². The van der Waals surface area contributed by atoms with E-state index in [-0.39, 0.29) is 33.5 Å². The van der Waals surface area contributed by atoms with Gasteiger partial charge in [0.15, 0.2) is 18.7 Å². The molecule has 18 unspecified atom stereocenters. The summed E-state index contributed by atoms with van der Waals surface area (Å²) >= 11 is 0. The average Bonchev–Trinajstić information content (AvgIpc) is 3.10. The lowest BCUT2D eigenvalue weighted by Gasteiger charge is -2.71. The molecule has 14 heteroatoms. The Labute approximate surface area is 323 Å². The minimum Gasteiger partial charge on any atom is -0.479 e. The Bertz CT molecular complexity index is 1550. The molecule has 7 aliphatic rings. The Hall–Kier alpha value is -1.72. The molecule has 4 saturated carbocycles. The number of carboxylic acids is 1. The third kappa shape index (κ3) is 6.09. The lowest BCUT2D eigenvalue weighted by atomic mass is 9.33. The maximum atomic E-state index is 14.4. The zero-order chi connectivity index (χ0) is 40.4. The molecular weight excluding hydrogens is 716 g/mol. The molecule has 7 rings (SSSR count). The fourth-order valence-corrected chi connectivity index (χ4v) is 13.3. The maximum Gasteiger partial charge on any atom is 0.335 e. The number of ether oxygens (including phenoxy) is 4. The number of carbonyl (C=O) groups is 2. The smallest absolute Gasteiger partial charge is 0.335 e. The molecule has 312 valence electrons. The summed E-state index contributed by atoms with van der Waals surface area (Å²) in [4.78, 5) is 26.2. The Morgan fingerprint density at radius 2 is 1.35 bits per heavy atom. The van der Waals surface area contributed by atoms with E-state index >= 15 is 0 Å². The van der Waals surface area contributed by atoms with Crippen LogP contribution < -0.4 is 0 Å². The lowest BCUT2D eigenvalue weighted by molar-refractivity contribution is -0.334. The molecule has 0 aromatic carbocycles. The fourth-order valence-electron chi connectivity index (χ4n) is 13.3. The van der Waals surface area contributed by atoms with Gasteiger partial charge in [0.25, 0.3) is 0 Å². The number of hydrogen-bond donors (Lipinski definition) is 8. The topological polar surface area (TPSA) is 233 Å². The van der Waals surface area contributed by atoms with Crippen molar-refractivity contribution in [1.82, 2.24) is 0 Å². The van der Waals surface area contributed by atoms with Gasteiger partial charge in [-0.05, 0) is 109 Å². The zero-order valence-corrected chi connectivity index (χ0v) is 33.3. The molecule has 0 spiro atoms. The molecule has 2 heterocycles. The monoisotopic (exact) mass is 780 g/mol. The van der Waals surface area contributed by atoms with Crippen molar-refractivity contribution in [2.75, 3.05) is 0 Å². The van der Waals surface area contributed by atoms with Gasteiger partial charge in [-0.15, -0.1) is 0 Å². The fraction of sp³-hybridized carbons (Fsp3) is 0.902. The van der Waals surface area contributed by atoms with Gasteiger partial charge in [0, 0.05) is 0 Å². The second-order valence-electron chi connectivity index (χ2n) is 20.4. The number of carboxylic acid groups (broad SMARTS) is 1. The Balaban J connectivity index is 1.16. The highest BCUT2D eigenvalue weighted by atomic mass is 16.8. The summed E-state index contributed by atoms with van der Waals surface area (Å²) in [6.07, 6.45) is -7.29. The van der Waals surface area contributed by atoms with E-state index in [2.05, 4.69) is 54.5 Å². The first kappa shape index (κ1) is 41.4. The first-order chi connectivity index (χ1) is 25.4. The summed E-state index contributed by atoms with van der Waals surface area (Å²) in [5.74, 6) is -1.58. The van der Waals surface area contributed by atoms with Crippen LogP contribution in [0.3, 0.4) is 0 Å². The third-order valence-electron chi connectivity index (χ3n) is 16.9. The third-order valence-corrected chi connectivity index (χ3v) is 16.9. The Morgan fingerprint density at radius 3 is 2.02 bits per heavy atom. The first-order valence-corrected chi connectivity index (χ1v) is 20.3. The van der Waals surface area contributed by atoms with Gasteiger partial charge in [-0.25, -0.2) is 4.79 Å². The molecule has 0 bridgehead atoms. The largest absolute Gasteiger partial charge is 0.479 e. The van der Waals surface area contributed by atoms with Gasteiger partial charge in [0.2, 0.25) is 6.29 Å². The number of hydrogen-bond acceptors (Lipinski definition) is 13. The van der Waals surface area contributed by atoms with Crippen LogP contribution in [-0.4, -0.2) is 120 Å². The minimum atomic E-state index is -1.82. The molecule has 0 amide bonds. The minimum absolute atomic E-state index is 0.0388. The predicted octanol–water partition coefficient (Wildman–Crippen LogP) is 2.37. The van der Waals surface area contributed by atoms with E-state index in [0.717, 1.165) is 44.9 Å². The second-order valence-corrected chi connectivity index (χ2v) is 20.4. The van der Waals surface area contributed by atoms with Crippen LogP contribution in [0, 0.1) is 50.2 Å². The van der Waals surface area contributed by atoms with Gasteiger partial charge >= 0.3 is 11.9 Å². The summed E-state index contributed by atoms with van der Waals surface area (Å²) in [7, 11) is 0. The molecular formula is C41H64O14. The van der Waals surface area contributed by atoms with Crippen molar-refractivity contribution in [1.29, 1.82) is 0 Å². The van der Waals surface area contributed by atoms with E-state index in [1.54, 1.807) is 0 Å². The van der Waals surface area contributed by atoms with E-state index in [0.29, 0.717) is 25.2 Å². The van der Waals surface area contributed by atoms with Gasteiger partial charge in [-0.2, -0.15) is 0 Å². The highest BCUT2D eigenvalue weighted by Crippen LogP contribution is 2.76. The highest BCUT2D eigenvalue weighted by molar-refractivity contribution is 5.79. The number of allylic oxidation sites excluding steroid dienone is 2. The predicted molar refractivity (Wildman–Crippen MR) is 193 cm³/mol. The average molecular weight is 781 g/mol. The number of carbonyl (C=O) groups excluding carboxylic acids is 1. The van der Waals surface area contributed by atoms with Crippen LogP contribution in [0.15, 0.2) is 11.6 Å². The van der Waals surface area contributed by atoms with Gasteiger partial charge in [-0.1, -0.05) is 60.1 Å². The van der Waals surface area contributed by atoms with Crippen LogP contribution in [0.5, 0.6) is 0 Å². The van der Waals surface area contributed by atoms with E-state index in [4.69, 9.17) is 18.9 Å². The van der Waals surface area contributed by atoms with Gasteiger partial charge in [0.05, 0.1) is 11.5 Å². The van der Waals surface area contributed by atoms with E-state index in [9.17, 15) is 50.4 Å². The van der Waals surface area contributed by atoms with Gasteiger partial charge in [-0.3, -0.25) is 4.79 Å². The van der Waals surface area contributed by atoms with Crippen molar-refractivity contribution in [3.05, 3.63) is 11.6 Å². The molecule has 18 atom stereocenters. The summed E-state index contributed by atoms with van der Waals surface area (Å²) in [6.45, 7) is 16.0. The second kappa shape index (κ2) is 13.7. The summed E-state index contributed by atoms with van der Waals surface area (Å²) in [5, 5.41) is 82.2. The van der Waals surface area contributed by atoms with Gasteiger partial charge in [0.1, 0.15) is 36.6 Å². The van der Waals surface area contributed by atoms with Gasteiger partial charge < -0.3 is 59.8 Å². The molecule has 2 aliphatic heterocycles. The Morgan fingerprint density at radius 1 is 0.709 bits per heavy atom. The molecule has 5 aliphatic carbocycles. The highest BCUT2D eigenvalue weighted by Gasteiger charge is 2.70. The van der Waals surface area contributed by atoms with Crippen molar-refractivity contribution in [3.8, 4) is 0 Å². The quantitative estimate of drug-likeness (QED) is 0.114. The van der Waals surface area contributed by atoms with E-state index in [1.165, 1.54) is 5.57 Å². The van der Waals surface area contributed by atoms with Crippen LogP contribution in [0.25, 0.3) is 0 Å². The molecule has 0 aromatic rings. The van der Waals surface area contributed by atoms with Crippen LogP contribution in [0.1, 0.15) is 113 Å². The number of aliphatic carboxylic acids is 1. The molecule has 0 aromatic heterocycles. The number of aliphatic hydroxyl groups excluding tert-OH is 7. The molecule has 8 N–H and O–H groups in total. The molecule has 0 radical (unpaired) electrons. The standard InChI is InChI=1S/C41H64O14/c1-36(2)14-16-41(35(51)55-34-29(47)25(43)27(45)32(50)54-34)17-15-39(6)19(20(41)18-36)8-9-22-38(5)12-11-23(37(3,4)21(38)10-13-40(22,39)7)52-33-28(46)24(42)26(44)30(53-33)31(48)49/h8,20-30,32-34,42-47,50H,9-18H2,1-7H3,(H,48,49). The van der Waals surface area contributed by atoms with E-state index < -0.39 is 90.5 Å². The van der Waals surface area contributed by atoms with E-state index in [1.807, 2.05) is 0 Å². The molecule has 55 heavy (non-hydrogen) atoms. The van der Waals surface area contributed by atoms with Crippen LogP contribution >= 0.6 is 0 Å². The Kier molecular flexibility index (Phi) is 10.3. The lowest BCUT2D eigenvalue weighted by Crippen LogP contribution is -2.66. The van der Waals surface area contributed by atoms with Crippen molar-refractivity contribution in [2.45, 2.75) is 180 Å². The number of aliphatic hydroxyl groups is 7.